The molecule has 0 unspecified atom stereocenters. The average Bonchev–Trinajstić information content (AvgIpc) is 2.45. The first-order valence-electron chi connectivity index (χ1n) is 7.00. The second kappa shape index (κ2) is 0. The standard InChI is InChI=1S/7C2H6.5CH4/c7*1-2;;;;;/h7*1-2H3;5*1H4. The van der Waals surface area contributed by atoms with E-state index in [-0.39, 0.29) is 37.1 Å². The van der Waals surface area contributed by atoms with Crippen LogP contribution >= 0.6 is 0 Å². The predicted molar refractivity (Wildman–Crippen MR) is 113 cm³/mol. The van der Waals surface area contributed by atoms with Gasteiger partial charge in [0.1, 0.15) is 0 Å². The van der Waals surface area contributed by atoms with Gasteiger partial charge in [-0.05, 0) is 0 Å². The second-order valence-electron chi connectivity index (χ2n) is 0. The van der Waals surface area contributed by atoms with Crippen LogP contribution in [-0.4, -0.2) is 0 Å². The van der Waals surface area contributed by atoms with Crippen LogP contribution in [0.2, 0.25) is 0 Å². The molecule has 0 amide bonds. The van der Waals surface area contributed by atoms with Crippen LogP contribution in [0.3, 0.4) is 0 Å². The van der Waals surface area contributed by atoms with Gasteiger partial charge < -0.3 is 0 Å². The Kier molecular flexibility index (Phi) is 0. The van der Waals surface area contributed by atoms with E-state index in [4.69, 9.17) is 0 Å². The van der Waals surface area contributed by atoms with Crippen LogP contribution < -0.4 is 0 Å². The molecule has 0 saturated carbocycles. The Bertz CT molecular complexity index is 0. The molecule has 0 aliphatic rings. The van der Waals surface area contributed by atoms with Crippen LogP contribution in [0, 0.1) is 0 Å². The van der Waals surface area contributed by atoms with Crippen molar-refractivity contribution in [2.45, 2.75) is 134 Å². The van der Waals surface area contributed by atoms with Crippen molar-refractivity contribution in [1.29, 1.82) is 0 Å². The SMILES string of the molecule is C.C.C.C.C.CC.CC.CC.CC.CC.CC.CC. The third-order valence-electron chi connectivity index (χ3n) is 0. The predicted octanol–water partition coefficient (Wildman–Crippen LogP) is 10.4. The molecule has 138 valence electrons. The fourth-order valence-electron chi connectivity index (χ4n) is 0. The number of hydrogen-bond acceptors (Lipinski definition) is 0. The van der Waals surface area contributed by atoms with E-state index in [1.807, 2.05) is 96.9 Å². The Morgan fingerprint density at radius 2 is 0.158 bits per heavy atom. The van der Waals surface area contributed by atoms with Gasteiger partial charge in [-0.3, -0.25) is 0 Å². The van der Waals surface area contributed by atoms with Crippen molar-refractivity contribution in [3.05, 3.63) is 0 Å². The molecule has 0 nitrogen and oxygen atoms in total. The quantitative estimate of drug-likeness (QED) is 0.416. The summed E-state index contributed by atoms with van der Waals surface area (Å²) >= 11 is 0. The van der Waals surface area contributed by atoms with Crippen molar-refractivity contribution in [2.24, 2.45) is 0 Å². The minimum atomic E-state index is 0. The molecule has 0 aromatic heterocycles. The highest BCUT2D eigenvalue weighted by Crippen LogP contribution is 1.16. The maximum Gasteiger partial charge on any atom is -0.0683 e. The summed E-state index contributed by atoms with van der Waals surface area (Å²) in [5.74, 6) is 0. The summed E-state index contributed by atoms with van der Waals surface area (Å²) in [5, 5.41) is 0. The van der Waals surface area contributed by atoms with E-state index in [1.165, 1.54) is 0 Å². The number of hydrogen-bond donors (Lipinski definition) is 0. The molecular formula is C19H62. The molecule has 0 aliphatic heterocycles. The highest BCUT2D eigenvalue weighted by Gasteiger charge is 0.944. The van der Waals surface area contributed by atoms with E-state index in [0.717, 1.165) is 0 Å². The largest absolute Gasteiger partial charge is 0.0776 e. The summed E-state index contributed by atoms with van der Waals surface area (Å²) in [5.41, 5.74) is 0. The Balaban J connectivity index is -0.00000000288. The van der Waals surface area contributed by atoms with Crippen LogP contribution in [0.5, 0.6) is 0 Å². The monoisotopic (exact) mass is 290 g/mol. The molecule has 0 atom stereocenters. The molecule has 0 bridgehead atoms. The lowest BCUT2D eigenvalue weighted by Gasteiger charge is -1.07. The van der Waals surface area contributed by atoms with E-state index in [1.54, 1.807) is 0 Å². The summed E-state index contributed by atoms with van der Waals surface area (Å²) in [4.78, 5) is 0. The van der Waals surface area contributed by atoms with E-state index in [0.29, 0.717) is 0 Å². The summed E-state index contributed by atoms with van der Waals surface area (Å²) in [6.45, 7) is 28.0. The van der Waals surface area contributed by atoms with Crippen molar-refractivity contribution in [3.63, 3.8) is 0 Å². The molecule has 0 aliphatic carbocycles. The van der Waals surface area contributed by atoms with Crippen LogP contribution in [0.1, 0.15) is 134 Å². The lowest BCUT2D eigenvalue weighted by atomic mass is 11.0. The molecule has 0 radical (unpaired) electrons. The molecule has 19 heavy (non-hydrogen) atoms. The van der Waals surface area contributed by atoms with Crippen molar-refractivity contribution >= 4 is 0 Å². The maximum atomic E-state index is 2.00. The van der Waals surface area contributed by atoms with E-state index in [2.05, 4.69) is 0 Å². The molecule has 0 N–H and O–H groups in total. The smallest absolute Gasteiger partial charge is 0.0683 e. The fraction of sp³-hybridized carbons (Fsp3) is 1.00. The molecule has 0 aromatic carbocycles. The average molecular weight is 291 g/mol. The van der Waals surface area contributed by atoms with Crippen LogP contribution in [0.25, 0.3) is 0 Å². The Labute approximate surface area is 134 Å². The molecular weight excluding hydrogens is 228 g/mol. The van der Waals surface area contributed by atoms with Gasteiger partial charge in [0.2, 0.25) is 0 Å². The van der Waals surface area contributed by atoms with Crippen molar-refractivity contribution in [2.75, 3.05) is 0 Å². The zero-order valence-corrected chi connectivity index (χ0v) is 14.0. The van der Waals surface area contributed by atoms with Crippen molar-refractivity contribution in [1.82, 2.24) is 0 Å². The first-order chi connectivity index (χ1) is 7.00. The van der Waals surface area contributed by atoms with Gasteiger partial charge in [-0.25, -0.2) is 0 Å². The molecule has 0 spiro atoms. The topological polar surface area (TPSA) is 0 Å². The summed E-state index contributed by atoms with van der Waals surface area (Å²) < 4.78 is 0. The maximum absolute atomic E-state index is 2.00. The fourth-order valence-corrected chi connectivity index (χ4v) is 0. The minimum absolute atomic E-state index is 0. The first kappa shape index (κ1) is 126. The van der Waals surface area contributed by atoms with E-state index >= 15 is 0 Å². The Morgan fingerprint density at radius 3 is 0.158 bits per heavy atom. The van der Waals surface area contributed by atoms with Gasteiger partial charge in [-0.15, -0.1) is 0 Å². The minimum Gasteiger partial charge on any atom is -0.0776 e. The van der Waals surface area contributed by atoms with Crippen molar-refractivity contribution < 1.29 is 0 Å². The normalized spacial score (nSPS) is 2.21. The van der Waals surface area contributed by atoms with Crippen LogP contribution in [-0.2, 0) is 0 Å². The zero-order valence-electron chi connectivity index (χ0n) is 14.0. The molecule has 0 fully saturated rings. The van der Waals surface area contributed by atoms with Gasteiger partial charge in [0.05, 0.1) is 0 Å². The zero-order chi connectivity index (χ0) is 14.0. The Morgan fingerprint density at radius 1 is 0.158 bits per heavy atom. The highest BCUT2D eigenvalue weighted by molar-refractivity contribution is 3.52. The van der Waals surface area contributed by atoms with Gasteiger partial charge in [0.15, 0.2) is 0 Å². The highest BCUT2D eigenvalue weighted by atomic mass is 13.0. The molecule has 0 heterocycles. The molecule has 0 saturated heterocycles. The van der Waals surface area contributed by atoms with Gasteiger partial charge >= 0.3 is 0 Å². The Hall–Kier alpha value is 0. The molecule has 0 aromatic rings. The molecule has 0 heteroatoms. The van der Waals surface area contributed by atoms with Gasteiger partial charge in [0.25, 0.3) is 0 Å². The van der Waals surface area contributed by atoms with Crippen molar-refractivity contribution in [3.8, 4) is 0 Å². The lowest BCUT2D eigenvalue weighted by molar-refractivity contribution is 1.50. The lowest BCUT2D eigenvalue weighted by Crippen LogP contribution is -0.856. The summed E-state index contributed by atoms with van der Waals surface area (Å²) in [6.07, 6.45) is 0. The third kappa shape index (κ3) is 0. The van der Waals surface area contributed by atoms with Crippen LogP contribution in [0.15, 0.2) is 0 Å². The summed E-state index contributed by atoms with van der Waals surface area (Å²) in [6, 6.07) is 0. The van der Waals surface area contributed by atoms with E-state index in [9.17, 15) is 0 Å². The third-order valence-corrected chi connectivity index (χ3v) is 0. The van der Waals surface area contributed by atoms with Gasteiger partial charge in [0, 0.05) is 0 Å². The second-order valence-corrected chi connectivity index (χ2v) is 0. The number of rotatable bonds is 0. The summed E-state index contributed by atoms with van der Waals surface area (Å²) in [7, 11) is 0. The van der Waals surface area contributed by atoms with Gasteiger partial charge in [-0.2, -0.15) is 0 Å². The van der Waals surface area contributed by atoms with Crippen LogP contribution in [0.4, 0.5) is 0 Å². The van der Waals surface area contributed by atoms with Gasteiger partial charge in [-0.1, -0.05) is 134 Å². The van der Waals surface area contributed by atoms with E-state index < -0.39 is 0 Å². The molecule has 0 rings (SSSR count). The first-order valence-corrected chi connectivity index (χ1v) is 7.00.